The zero-order chi connectivity index (χ0) is 17.3. The minimum absolute atomic E-state index is 0.286. The van der Waals surface area contributed by atoms with Crippen molar-refractivity contribution in [3.8, 4) is 11.1 Å². The van der Waals surface area contributed by atoms with Gasteiger partial charge in [-0.3, -0.25) is 4.79 Å². The molecule has 3 rings (SSSR count). The van der Waals surface area contributed by atoms with E-state index in [4.69, 9.17) is 5.73 Å². The average Bonchev–Trinajstić information content (AvgIpc) is 2.88. The number of carbonyl (C=O) groups is 1. The molecule has 0 saturated heterocycles. The fraction of sp³-hybridized carbons (Fsp3) is 0.278. The number of amides is 1. The fourth-order valence-electron chi connectivity index (χ4n) is 2.70. The number of rotatable bonds is 5. The van der Waals surface area contributed by atoms with Gasteiger partial charge in [0.15, 0.2) is 0 Å². The van der Waals surface area contributed by atoms with Gasteiger partial charge in [0.05, 0.1) is 10.6 Å². The molecule has 6 heteroatoms. The van der Waals surface area contributed by atoms with Crippen molar-refractivity contribution in [2.45, 2.75) is 37.5 Å². The van der Waals surface area contributed by atoms with Gasteiger partial charge in [0.1, 0.15) is 15.7 Å². The van der Waals surface area contributed by atoms with E-state index in [2.05, 4.69) is 29.0 Å². The van der Waals surface area contributed by atoms with Crippen molar-refractivity contribution in [2.24, 2.45) is 5.73 Å². The van der Waals surface area contributed by atoms with E-state index in [9.17, 15) is 4.79 Å². The molecular weight excluding hydrogens is 338 g/mol. The molecule has 2 heterocycles. The molecule has 0 spiro atoms. The molecule has 0 aliphatic rings. The molecular formula is C18H19N3OS2. The molecule has 2 aromatic heterocycles. The summed E-state index contributed by atoms with van der Waals surface area (Å²) in [5, 5.41) is 1.58. The molecule has 4 nitrogen and oxygen atoms in total. The van der Waals surface area contributed by atoms with Crippen molar-refractivity contribution in [1.29, 1.82) is 0 Å². The van der Waals surface area contributed by atoms with E-state index in [0.717, 1.165) is 26.4 Å². The van der Waals surface area contributed by atoms with E-state index >= 15 is 0 Å². The largest absolute Gasteiger partial charge is 0.369 e. The van der Waals surface area contributed by atoms with Gasteiger partial charge in [-0.15, -0.1) is 11.3 Å². The van der Waals surface area contributed by atoms with Crippen LogP contribution in [0.15, 0.2) is 35.4 Å². The lowest BCUT2D eigenvalue weighted by atomic mass is 10.0. The van der Waals surface area contributed by atoms with E-state index in [-0.39, 0.29) is 11.2 Å². The van der Waals surface area contributed by atoms with Gasteiger partial charge >= 0.3 is 0 Å². The van der Waals surface area contributed by atoms with Gasteiger partial charge < -0.3 is 5.73 Å². The molecule has 1 aromatic carbocycles. The quantitative estimate of drug-likeness (QED) is 0.545. The summed E-state index contributed by atoms with van der Waals surface area (Å²) in [7, 11) is 0. The molecule has 24 heavy (non-hydrogen) atoms. The maximum absolute atomic E-state index is 11.7. The Labute approximate surface area is 149 Å². The van der Waals surface area contributed by atoms with Gasteiger partial charge in [-0.25, -0.2) is 9.97 Å². The normalized spacial score (nSPS) is 12.5. The molecule has 0 bridgehead atoms. The lowest BCUT2D eigenvalue weighted by Crippen LogP contribution is -2.25. The lowest BCUT2D eigenvalue weighted by Gasteiger charge is -2.12. The van der Waals surface area contributed by atoms with Crippen LogP contribution in [0.25, 0.3) is 21.3 Å². The Hall–Kier alpha value is -1.92. The lowest BCUT2D eigenvalue weighted by molar-refractivity contribution is -0.117. The summed E-state index contributed by atoms with van der Waals surface area (Å²) >= 11 is 3.11. The second-order valence-corrected chi connectivity index (χ2v) is 7.97. The SMILES string of the molecule is CCC(Sc1nc(C)nc2sc(C)c(-c3ccccc3)c12)C(N)=O. The highest BCUT2D eigenvalue weighted by molar-refractivity contribution is 8.00. The number of benzene rings is 1. The Balaban J connectivity index is 2.23. The number of hydrogen-bond donors (Lipinski definition) is 1. The van der Waals surface area contributed by atoms with Crippen molar-refractivity contribution < 1.29 is 4.79 Å². The molecule has 0 radical (unpaired) electrons. The zero-order valence-corrected chi connectivity index (χ0v) is 15.5. The number of hydrogen-bond acceptors (Lipinski definition) is 5. The van der Waals surface area contributed by atoms with Gasteiger partial charge in [0.25, 0.3) is 0 Å². The fourth-order valence-corrected chi connectivity index (χ4v) is 4.91. The second-order valence-electron chi connectivity index (χ2n) is 5.57. The van der Waals surface area contributed by atoms with Crippen LogP contribution in [-0.4, -0.2) is 21.1 Å². The molecule has 3 aromatic rings. The summed E-state index contributed by atoms with van der Waals surface area (Å²) in [4.78, 5) is 23.1. The first-order valence-electron chi connectivity index (χ1n) is 7.80. The standard InChI is InChI=1S/C18H19N3OS2/c1-4-13(16(19)22)24-18-15-14(12-8-6-5-7-9-12)10(2)23-17(15)20-11(3)21-18/h5-9,13H,4H2,1-3H3,(H2,19,22). The predicted molar refractivity (Wildman–Crippen MR) is 101 cm³/mol. The van der Waals surface area contributed by atoms with E-state index in [1.165, 1.54) is 16.6 Å². The smallest absolute Gasteiger partial charge is 0.230 e. The first-order chi connectivity index (χ1) is 11.5. The van der Waals surface area contributed by atoms with Crippen molar-refractivity contribution in [3.63, 3.8) is 0 Å². The van der Waals surface area contributed by atoms with Crippen LogP contribution in [0.3, 0.4) is 0 Å². The molecule has 1 unspecified atom stereocenters. The highest BCUT2D eigenvalue weighted by atomic mass is 32.2. The van der Waals surface area contributed by atoms with Gasteiger partial charge in [-0.2, -0.15) is 0 Å². The number of nitrogens with two attached hydrogens (primary N) is 1. The van der Waals surface area contributed by atoms with Gasteiger partial charge in [0.2, 0.25) is 5.91 Å². The topological polar surface area (TPSA) is 68.9 Å². The van der Waals surface area contributed by atoms with Crippen molar-refractivity contribution >= 4 is 39.2 Å². The molecule has 124 valence electrons. The van der Waals surface area contributed by atoms with Crippen LogP contribution in [0, 0.1) is 13.8 Å². The van der Waals surface area contributed by atoms with E-state index < -0.39 is 0 Å². The number of fused-ring (bicyclic) bond motifs is 1. The van der Waals surface area contributed by atoms with E-state index in [1.807, 2.05) is 32.0 Å². The third kappa shape index (κ3) is 3.16. The van der Waals surface area contributed by atoms with Crippen LogP contribution in [0.5, 0.6) is 0 Å². The number of thiophene rings is 1. The number of aryl methyl sites for hydroxylation is 2. The summed E-state index contributed by atoms with van der Waals surface area (Å²) in [5.74, 6) is 0.408. The molecule has 0 fully saturated rings. The molecule has 2 N–H and O–H groups in total. The third-order valence-electron chi connectivity index (χ3n) is 3.81. The van der Waals surface area contributed by atoms with Crippen molar-refractivity contribution in [1.82, 2.24) is 9.97 Å². The highest BCUT2D eigenvalue weighted by Gasteiger charge is 2.22. The summed E-state index contributed by atoms with van der Waals surface area (Å²) < 4.78 is 0. The molecule has 1 amide bonds. The first kappa shape index (κ1) is 16.9. The van der Waals surface area contributed by atoms with Crippen LogP contribution in [0.4, 0.5) is 0 Å². The highest BCUT2D eigenvalue weighted by Crippen LogP contribution is 2.42. The predicted octanol–water partition coefficient (Wildman–Crippen LogP) is 4.33. The zero-order valence-electron chi connectivity index (χ0n) is 13.9. The molecule has 0 aliphatic heterocycles. The number of nitrogens with zero attached hydrogens (tertiary/aromatic N) is 2. The monoisotopic (exact) mass is 357 g/mol. The maximum Gasteiger partial charge on any atom is 0.230 e. The molecule has 0 saturated carbocycles. The Morgan fingerprint density at radius 3 is 2.58 bits per heavy atom. The van der Waals surface area contributed by atoms with Crippen molar-refractivity contribution in [2.75, 3.05) is 0 Å². The Morgan fingerprint density at radius 2 is 1.96 bits per heavy atom. The molecule has 1 atom stereocenters. The van der Waals surface area contributed by atoms with Gasteiger partial charge in [-0.05, 0) is 25.8 Å². The van der Waals surface area contributed by atoms with Gasteiger partial charge in [0, 0.05) is 10.4 Å². The first-order valence-corrected chi connectivity index (χ1v) is 9.50. The number of primary amides is 1. The van der Waals surface area contributed by atoms with Crippen LogP contribution in [0.1, 0.15) is 24.0 Å². The van der Waals surface area contributed by atoms with E-state index in [1.54, 1.807) is 11.3 Å². The van der Waals surface area contributed by atoms with Crippen molar-refractivity contribution in [3.05, 3.63) is 41.0 Å². The van der Waals surface area contributed by atoms with Crippen LogP contribution in [-0.2, 0) is 4.79 Å². The third-order valence-corrected chi connectivity index (χ3v) is 6.18. The number of carbonyl (C=O) groups excluding carboxylic acids is 1. The Bertz CT molecular complexity index is 890. The second kappa shape index (κ2) is 6.91. The summed E-state index contributed by atoms with van der Waals surface area (Å²) in [6, 6.07) is 10.2. The number of aromatic nitrogens is 2. The summed E-state index contributed by atoms with van der Waals surface area (Å²) in [6.07, 6.45) is 0.675. The minimum Gasteiger partial charge on any atom is -0.369 e. The maximum atomic E-state index is 11.7. The van der Waals surface area contributed by atoms with E-state index in [0.29, 0.717) is 12.2 Å². The Morgan fingerprint density at radius 1 is 1.25 bits per heavy atom. The average molecular weight is 358 g/mol. The summed E-state index contributed by atoms with van der Waals surface area (Å²) in [5.41, 5.74) is 7.82. The minimum atomic E-state index is -0.305. The Kier molecular flexibility index (Phi) is 4.87. The number of thioether (sulfide) groups is 1. The van der Waals surface area contributed by atoms with Crippen LogP contribution < -0.4 is 5.73 Å². The summed E-state index contributed by atoms with van der Waals surface area (Å²) in [6.45, 7) is 5.94. The van der Waals surface area contributed by atoms with Crippen LogP contribution >= 0.6 is 23.1 Å². The molecule has 0 aliphatic carbocycles. The van der Waals surface area contributed by atoms with Gasteiger partial charge in [-0.1, -0.05) is 49.0 Å². The van der Waals surface area contributed by atoms with Crippen LogP contribution in [0.2, 0.25) is 0 Å².